The molecule has 0 heterocycles. The van der Waals surface area contributed by atoms with E-state index in [1.54, 1.807) is 0 Å². The van der Waals surface area contributed by atoms with Crippen LogP contribution in [0.1, 0.15) is 109 Å². The van der Waals surface area contributed by atoms with Crippen LogP contribution in [-0.2, 0) is 11.8 Å². The Morgan fingerprint density at radius 1 is 0.776 bits per heavy atom. The third-order valence-electron chi connectivity index (χ3n) is 12.1. The lowest BCUT2D eigenvalue weighted by molar-refractivity contribution is 0.654. The Hall–Kier alpha value is -7.22. The maximum absolute atomic E-state index is 4.00. The summed E-state index contributed by atoms with van der Waals surface area (Å²) in [6.07, 6.45) is 47.4. The van der Waals surface area contributed by atoms with Gasteiger partial charge in [0.05, 0.1) is 0 Å². The second kappa shape index (κ2) is 27.3. The maximum Gasteiger partial charge on any atom is 0.0275 e. The minimum atomic E-state index is 0.0912. The van der Waals surface area contributed by atoms with Crippen LogP contribution in [0.15, 0.2) is 209 Å². The van der Waals surface area contributed by atoms with Crippen molar-refractivity contribution in [3.05, 3.63) is 231 Å². The summed E-state index contributed by atoms with van der Waals surface area (Å²) < 4.78 is 0. The predicted octanol–water partition coefficient (Wildman–Crippen LogP) is 17.8. The lowest BCUT2D eigenvalue weighted by Crippen LogP contribution is -2.15. The van der Waals surface area contributed by atoms with Crippen LogP contribution in [0.25, 0.3) is 27.8 Å². The van der Waals surface area contributed by atoms with Gasteiger partial charge in [-0.3, -0.25) is 0 Å². The van der Waals surface area contributed by atoms with Gasteiger partial charge in [0.25, 0.3) is 0 Å². The van der Waals surface area contributed by atoms with Crippen LogP contribution < -0.4 is 0 Å². The largest absolute Gasteiger partial charge is 0.124 e. The highest BCUT2D eigenvalue weighted by atomic mass is 14.4. The van der Waals surface area contributed by atoms with Gasteiger partial charge in [-0.15, -0.1) is 37.2 Å². The molecule has 338 valence electrons. The first kappa shape index (κ1) is 52.4. The lowest BCUT2D eigenvalue weighted by Gasteiger charge is -2.22. The maximum atomic E-state index is 4.00. The van der Waals surface area contributed by atoms with Gasteiger partial charge in [-0.25, -0.2) is 0 Å². The van der Waals surface area contributed by atoms with E-state index in [-0.39, 0.29) is 5.41 Å². The van der Waals surface area contributed by atoms with Crippen molar-refractivity contribution in [3.63, 3.8) is 0 Å². The van der Waals surface area contributed by atoms with Crippen molar-refractivity contribution < 1.29 is 0 Å². The highest BCUT2D eigenvalue weighted by Gasteiger charge is 2.35. The molecular weight excluding hydrogens is 805 g/mol. The monoisotopic (exact) mass is 875 g/mol. The molecule has 0 aliphatic heterocycles. The fourth-order valence-corrected chi connectivity index (χ4v) is 8.42. The average Bonchev–Trinajstić information content (AvgIpc) is 4.23. The van der Waals surface area contributed by atoms with Gasteiger partial charge in [-0.05, 0) is 149 Å². The van der Waals surface area contributed by atoms with Crippen molar-refractivity contribution in [2.75, 3.05) is 0 Å². The molecule has 67 heavy (non-hydrogen) atoms. The van der Waals surface area contributed by atoms with Crippen molar-refractivity contribution >= 4 is 5.57 Å². The van der Waals surface area contributed by atoms with Crippen LogP contribution in [0.4, 0.5) is 0 Å². The first-order valence-electron chi connectivity index (χ1n) is 23.9. The fourth-order valence-electron chi connectivity index (χ4n) is 8.42. The van der Waals surface area contributed by atoms with Crippen LogP contribution in [0.2, 0.25) is 0 Å². The summed E-state index contributed by atoms with van der Waals surface area (Å²) in [6.45, 7) is 17.5. The highest BCUT2D eigenvalue weighted by Crippen LogP contribution is 2.48. The van der Waals surface area contributed by atoms with E-state index in [4.69, 9.17) is 0 Å². The molecule has 4 aliphatic rings. The summed E-state index contributed by atoms with van der Waals surface area (Å²) in [5, 5.41) is 0. The van der Waals surface area contributed by atoms with Gasteiger partial charge in [0.2, 0.25) is 0 Å². The molecule has 4 aromatic rings. The van der Waals surface area contributed by atoms with Crippen molar-refractivity contribution in [2.24, 2.45) is 5.92 Å². The molecule has 4 aromatic carbocycles. The predicted molar refractivity (Wildman–Crippen MR) is 294 cm³/mol. The molecule has 0 unspecified atom stereocenters. The zero-order valence-corrected chi connectivity index (χ0v) is 41.4. The van der Waals surface area contributed by atoms with Gasteiger partial charge in [-0.2, -0.15) is 0 Å². The first-order valence-corrected chi connectivity index (χ1v) is 23.9. The number of fused-ring (bicyclic) bond motifs is 2. The minimum Gasteiger partial charge on any atom is -0.124 e. The smallest absolute Gasteiger partial charge is 0.0275 e. The van der Waals surface area contributed by atoms with Crippen molar-refractivity contribution in [1.82, 2.24) is 0 Å². The Bertz CT molecular complexity index is 2730. The quantitative estimate of drug-likeness (QED) is 0.0846. The summed E-state index contributed by atoms with van der Waals surface area (Å²) >= 11 is 0. The topological polar surface area (TPSA) is 0 Å². The number of rotatable bonds is 10. The standard InChI is InChI=1S/C25H30.C21H20.C17H16.2C2H2/c1-5-8-13-22(7-3)24(14-9-6-2)25(23-17-18-23)19-21-12-10-11-20(4)15-16-21;1-2-6-17-9-11-19(12-10-17)21-15-13-20(14-16-21)18-7-4-3-5-8-18;1-12-9-10-16-14(11-12)13-7-5-4-6-8-15(13)17(16,2)3;2*1-2/h5,8,10,12-13,15-16,23H,6-7,17-19H2,1-4H3;3-5,7-16H,2,6H2,1H3;4-5,7-11H,1-3H3;2*1-2H/b8-5-,22-13+,25-24-;;;;. The number of hydrogen-bond donors (Lipinski definition) is 0. The molecule has 0 aromatic heterocycles. The lowest BCUT2D eigenvalue weighted by atomic mass is 9.81. The Morgan fingerprint density at radius 2 is 1.42 bits per heavy atom. The van der Waals surface area contributed by atoms with E-state index in [0.29, 0.717) is 5.92 Å². The number of hydrogen-bond acceptors (Lipinski definition) is 0. The van der Waals surface area contributed by atoms with E-state index >= 15 is 0 Å². The van der Waals surface area contributed by atoms with E-state index in [1.807, 2.05) is 12.2 Å². The zero-order chi connectivity index (χ0) is 48.6. The molecular formula is C67H70. The molecule has 0 atom stereocenters. The van der Waals surface area contributed by atoms with E-state index in [0.717, 1.165) is 25.7 Å². The van der Waals surface area contributed by atoms with E-state index < -0.39 is 0 Å². The molecule has 0 saturated heterocycles. The van der Waals surface area contributed by atoms with Gasteiger partial charge >= 0.3 is 0 Å². The molecule has 0 N–H and O–H groups in total. The molecule has 1 fully saturated rings. The molecule has 1 saturated carbocycles. The van der Waals surface area contributed by atoms with Crippen LogP contribution >= 0.6 is 0 Å². The van der Waals surface area contributed by atoms with Gasteiger partial charge in [-0.1, -0.05) is 204 Å². The molecule has 0 bridgehead atoms. The summed E-state index contributed by atoms with van der Waals surface area (Å²) in [6, 6.07) is 35.0. The normalized spacial score (nSPS) is 15.1. The third kappa shape index (κ3) is 14.9. The summed E-state index contributed by atoms with van der Waals surface area (Å²) in [5.41, 5.74) is 26.7. The Labute approximate surface area is 406 Å². The van der Waals surface area contributed by atoms with Crippen molar-refractivity contribution in [3.8, 4) is 59.8 Å². The van der Waals surface area contributed by atoms with Gasteiger partial charge in [0.1, 0.15) is 0 Å². The molecule has 0 heteroatoms. The Balaban J connectivity index is 0.000000214. The SMILES string of the molecule is C#C.C#C.CCCc1ccc(-c2ccc(-c3ccccc3)cc2)cc1.C\C=C/C=C(CC)/C(C#CCC)=C(/CC1=CC=C=C(C)C=C1)C1CC1.Cc1ccc2c(c1)C1=C(C=C=CC=C1)C2(C)C. The number of aryl methyl sites for hydroxylation is 2. The molecule has 0 nitrogen and oxygen atoms in total. The van der Waals surface area contributed by atoms with E-state index in [9.17, 15) is 0 Å². The van der Waals surface area contributed by atoms with Gasteiger partial charge in [0.15, 0.2) is 0 Å². The number of terminal acetylenes is 2. The highest BCUT2D eigenvalue weighted by molar-refractivity contribution is 5.88. The Morgan fingerprint density at radius 3 is 2.01 bits per heavy atom. The van der Waals surface area contributed by atoms with E-state index in [1.165, 1.54) is 103 Å². The van der Waals surface area contributed by atoms with Crippen molar-refractivity contribution in [1.29, 1.82) is 0 Å². The van der Waals surface area contributed by atoms with Gasteiger partial charge < -0.3 is 0 Å². The van der Waals surface area contributed by atoms with Crippen molar-refractivity contribution in [2.45, 2.75) is 106 Å². The summed E-state index contributed by atoms with van der Waals surface area (Å²) in [4.78, 5) is 0. The summed E-state index contributed by atoms with van der Waals surface area (Å²) in [7, 11) is 0. The molecule has 0 spiro atoms. The Kier molecular flexibility index (Phi) is 21.4. The van der Waals surface area contributed by atoms with E-state index in [2.05, 4.69) is 256 Å². The van der Waals surface area contributed by atoms with Crippen LogP contribution in [0.3, 0.4) is 0 Å². The molecule has 0 radical (unpaired) electrons. The first-order chi connectivity index (χ1) is 32.7. The number of allylic oxidation sites excluding steroid dienone is 16. The molecule has 0 amide bonds. The van der Waals surface area contributed by atoms with Gasteiger partial charge in [0, 0.05) is 17.4 Å². The molecule has 4 aliphatic carbocycles. The third-order valence-corrected chi connectivity index (χ3v) is 12.1. The second-order valence-corrected chi connectivity index (χ2v) is 17.4. The fraction of sp³-hybridized carbons (Fsp3) is 0.254. The van der Waals surface area contributed by atoms with Crippen LogP contribution in [0, 0.1) is 50.4 Å². The van der Waals surface area contributed by atoms with Crippen LogP contribution in [0.5, 0.6) is 0 Å². The minimum absolute atomic E-state index is 0.0912. The molecule has 8 rings (SSSR count). The average molecular weight is 875 g/mol. The number of benzene rings is 4. The second-order valence-electron chi connectivity index (χ2n) is 17.4. The zero-order valence-electron chi connectivity index (χ0n) is 41.4. The summed E-state index contributed by atoms with van der Waals surface area (Å²) in [5.74, 6) is 7.54. The van der Waals surface area contributed by atoms with Crippen LogP contribution in [-0.4, -0.2) is 0 Å².